The molecule has 0 bridgehead atoms. The van der Waals surface area contributed by atoms with Gasteiger partial charge in [0.2, 0.25) is 5.91 Å². The lowest BCUT2D eigenvalue weighted by molar-refractivity contribution is -0.132. The summed E-state index contributed by atoms with van der Waals surface area (Å²) in [6, 6.07) is 14.0. The lowest BCUT2D eigenvalue weighted by atomic mass is 10.1. The number of ether oxygens (including phenoxy) is 2. The summed E-state index contributed by atoms with van der Waals surface area (Å²) < 4.78 is 10.2. The van der Waals surface area contributed by atoms with Gasteiger partial charge in [-0.05, 0) is 35.9 Å². The first-order valence-corrected chi connectivity index (χ1v) is 9.44. The second-order valence-corrected chi connectivity index (χ2v) is 6.82. The molecule has 0 saturated carbocycles. The van der Waals surface area contributed by atoms with Crippen molar-refractivity contribution < 1.29 is 23.9 Å². The molecule has 29 heavy (non-hydrogen) atoms. The number of hydrogen-bond acceptors (Lipinski definition) is 5. The van der Waals surface area contributed by atoms with Gasteiger partial charge in [-0.25, -0.2) is 0 Å². The molecule has 0 spiro atoms. The fourth-order valence-corrected chi connectivity index (χ4v) is 3.27. The minimum atomic E-state index is -0.433. The molecule has 1 heterocycles. The van der Waals surface area contributed by atoms with Gasteiger partial charge in [0.05, 0.1) is 13.5 Å². The van der Waals surface area contributed by atoms with Crippen molar-refractivity contribution in [3.63, 3.8) is 0 Å². The second-order valence-electron chi connectivity index (χ2n) is 6.82. The maximum Gasteiger partial charge on any atom is 0.308 e. The van der Waals surface area contributed by atoms with Crippen LogP contribution in [-0.2, 0) is 16.0 Å². The lowest BCUT2D eigenvalue weighted by Gasteiger charge is -2.35. The average Bonchev–Trinajstić information content (AvgIpc) is 2.73. The Kier molecular flexibility index (Phi) is 6.49. The van der Waals surface area contributed by atoms with Crippen LogP contribution in [0.4, 0.5) is 0 Å². The molecule has 7 heteroatoms. The maximum absolute atomic E-state index is 12.7. The van der Waals surface area contributed by atoms with E-state index in [-0.39, 0.29) is 11.8 Å². The highest BCUT2D eigenvalue weighted by molar-refractivity contribution is 5.95. The third-order valence-electron chi connectivity index (χ3n) is 4.75. The fraction of sp³-hybridized carbons (Fsp3) is 0.318. The number of amides is 2. The topological polar surface area (TPSA) is 76.2 Å². The first-order chi connectivity index (χ1) is 14.0. The Balaban J connectivity index is 1.56. The summed E-state index contributed by atoms with van der Waals surface area (Å²) in [5.41, 5.74) is 1.36. The number of rotatable bonds is 5. The molecule has 152 valence electrons. The number of carbonyl (C=O) groups excluding carboxylic acids is 3. The molecule has 1 aliphatic heterocycles. The van der Waals surface area contributed by atoms with Crippen LogP contribution in [0.5, 0.6) is 11.5 Å². The van der Waals surface area contributed by atoms with E-state index in [1.807, 2.05) is 24.3 Å². The van der Waals surface area contributed by atoms with Crippen molar-refractivity contribution >= 4 is 17.8 Å². The fourth-order valence-electron chi connectivity index (χ4n) is 3.27. The van der Waals surface area contributed by atoms with E-state index in [2.05, 4.69) is 0 Å². The Labute approximate surface area is 169 Å². The monoisotopic (exact) mass is 396 g/mol. The van der Waals surface area contributed by atoms with Gasteiger partial charge in [-0.15, -0.1) is 0 Å². The van der Waals surface area contributed by atoms with E-state index in [4.69, 9.17) is 9.47 Å². The number of benzene rings is 2. The van der Waals surface area contributed by atoms with Gasteiger partial charge < -0.3 is 19.3 Å². The summed E-state index contributed by atoms with van der Waals surface area (Å²) in [6.45, 7) is 3.20. The summed E-state index contributed by atoms with van der Waals surface area (Å²) in [5.74, 6) is 0.524. The van der Waals surface area contributed by atoms with Crippen molar-refractivity contribution in [3.8, 4) is 11.5 Å². The van der Waals surface area contributed by atoms with Gasteiger partial charge in [-0.2, -0.15) is 0 Å². The second kappa shape index (κ2) is 9.23. The Morgan fingerprint density at radius 3 is 2.24 bits per heavy atom. The van der Waals surface area contributed by atoms with Crippen LogP contribution >= 0.6 is 0 Å². The molecule has 0 radical (unpaired) electrons. The SMILES string of the molecule is COc1cccc(CC(=O)N2CCN(C(=O)c3cccc(OC(C)=O)c3)CC2)c1. The molecule has 2 amide bonds. The third-order valence-corrected chi connectivity index (χ3v) is 4.75. The third kappa shape index (κ3) is 5.34. The van der Waals surface area contributed by atoms with E-state index in [9.17, 15) is 14.4 Å². The van der Waals surface area contributed by atoms with E-state index in [1.165, 1.54) is 6.92 Å². The van der Waals surface area contributed by atoms with Gasteiger partial charge in [0.15, 0.2) is 0 Å². The predicted octanol–water partition coefficient (Wildman–Crippen LogP) is 2.15. The van der Waals surface area contributed by atoms with E-state index >= 15 is 0 Å². The number of nitrogens with zero attached hydrogens (tertiary/aromatic N) is 2. The zero-order chi connectivity index (χ0) is 20.8. The molecule has 0 aliphatic carbocycles. The molecule has 1 fully saturated rings. The minimum absolute atomic E-state index is 0.0298. The zero-order valence-electron chi connectivity index (χ0n) is 16.6. The molecule has 0 atom stereocenters. The quantitative estimate of drug-likeness (QED) is 0.572. The normalized spacial score (nSPS) is 13.7. The summed E-state index contributed by atoms with van der Waals surface area (Å²) in [4.78, 5) is 39.9. The Bertz CT molecular complexity index is 904. The molecule has 1 aliphatic rings. The molecule has 1 saturated heterocycles. The van der Waals surface area contributed by atoms with Crippen LogP contribution in [0.15, 0.2) is 48.5 Å². The predicted molar refractivity (Wildman–Crippen MR) is 107 cm³/mol. The Hall–Kier alpha value is -3.35. The molecule has 3 rings (SSSR count). The highest BCUT2D eigenvalue weighted by Gasteiger charge is 2.25. The van der Waals surface area contributed by atoms with E-state index in [1.54, 1.807) is 41.2 Å². The van der Waals surface area contributed by atoms with Gasteiger partial charge >= 0.3 is 5.97 Å². The van der Waals surface area contributed by atoms with Crippen molar-refractivity contribution in [1.29, 1.82) is 0 Å². The van der Waals surface area contributed by atoms with Gasteiger partial charge in [0, 0.05) is 38.7 Å². The van der Waals surface area contributed by atoms with Crippen molar-refractivity contribution in [2.75, 3.05) is 33.3 Å². The molecule has 2 aromatic rings. The molecule has 2 aromatic carbocycles. The van der Waals surface area contributed by atoms with E-state index < -0.39 is 5.97 Å². The van der Waals surface area contributed by atoms with Crippen LogP contribution < -0.4 is 9.47 Å². The van der Waals surface area contributed by atoms with Crippen LogP contribution in [-0.4, -0.2) is 60.9 Å². The van der Waals surface area contributed by atoms with Crippen LogP contribution in [0, 0.1) is 0 Å². The standard InChI is InChI=1S/C22H24N2O5/c1-16(25)29-20-8-4-6-18(15-20)22(27)24-11-9-23(10-12-24)21(26)14-17-5-3-7-19(13-17)28-2/h3-8,13,15H,9-12,14H2,1-2H3. The van der Waals surface area contributed by atoms with Crippen molar-refractivity contribution in [2.24, 2.45) is 0 Å². The Morgan fingerprint density at radius 1 is 0.897 bits per heavy atom. The highest BCUT2D eigenvalue weighted by atomic mass is 16.5. The Morgan fingerprint density at radius 2 is 1.55 bits per heavy atom. The summed E-state index contributed by atoms with van der Waals surface area (Å²) in [6.07, 6.45) is 0.301. The first-order valence-electron chi connectivity index (χ1n) is 9.44. The zero-order valence-corrected chi connectivity index (χ0v) is 16.6. The van der Waals surface area contributed by atoms with Gasteiger partial charge in [0.25, 0.3) is 5.91 Å². The van der Waals surface area contributed by atoms with Gasteiger partial charge in [0.1, 0.15) is 11.5 Å². The van der Waals surface area contributed by atoms with Gasteiger partial charge in [-0.3, -0.25) is 14.4 Å². The summed E-state index contributed by atoms with van der Waals surface area (Å²) in [5, 5.41) is 0. The largest absolute Gasteiger partial charge is 0.497 e. The maximum atomic E-state index is 12.7. The number of hydrogen-bond donors (Lipinski definition) is 0. The lowest BCUT2D eigenvalue weighted by Crippen LogP contribution is -2.51. The number of piperazine rings is 1. The van der Waals surface area contributed by atoms with E-state index in [0.29, 0.717) is 43.9 Å². The minimum Gasteiger partial charge on any atom is -0.497 e. The highest BCUT2D eigenvalue weighted by Crippen LogP contribution is 2.17. The van der Waals surface area contributed by atoms with Crippen LogP contribution in [0.2, 0.25) is 0 Å². The van der Waals surface area contributed by atoms with Crippen LogP contribution in [0.25, 0.3) is 0 Å². The number of methoxy groups -OCH3 is 1. The molecule has 0 unspecified atom stereocenters. The van der Waals surface area contributed by atoms with Crippen molar-refractivity contribution in [1.82, 2.24) is 9.80 Å². The average molecular weight is 396 g/mol. The first kappa shape index (κ1) is 20.4. The summed E-state index contributed by atoms with van der Waals surface area (Å²) >= 11 is 0. The van der Waals surface area contributed by atoms with Crippen molar-refractivity contribution in [3.05, 3.63) is 59.7 Å². The summed E-state index contributed by atoms with van der Waals surface area (Å²) in [7, 11) is 1.60. The van der Waals surface area contributed by atoms with Crippen LogP contribution in [0.3, 0.4) is 0 Å². The molecular formula is C22H24N2O5. The van der Waals surface area contributed by atoms with Gasteiger partial charge in [-0.1, -0.05) is 18.2 Å². The molecule has 7 nitrogen and oxygen atoms in total. The molecular weight excluding hydrogens is 372 g/mol. The number of esters is 1. The van der Waals surface area contributed by atoms with E-state index in [0.717, 1.165) is 11.3 Å². The van der Waals surface area contributed by atoms with Crippen LogP contribution in [0.1, 0.15) is 22.8 Å². The number of carbonyl (C=O) groups is 3. The molecule has 0 N–H and O–H groups in total. The molecule has 0 aromatic heterocycles. The van der Waals surface area contributed by atoms with Crippen molar-refractivity contribution in [2.45, 2.75) is 13.3 Å². The smallest absolute Gasteiger partial charge is 0.308 e.